The van der Waals surface area contributed by atoms with Crippen LogP contribution < -0.4 is 5.48 Å². The van der Waals surface area contributed by atoms with Crippen LogP contribution in [0.2, 0.25) is 0 Å². The molecule has 9 heteroatoms. The molecule has 0 aromatic carbocycles. The fourth-order valence-corrected chi connectivity index (χ4v) is 4.57. The number of hydrogen-bond acceptors (Lipinski definition) is 5. The Morgan fingerprint density at radius 3 is 2.22 bits per heavy atom. The van der Waals surface area contributed by atoms with Gasteiger partial charge in [0.15, 0.2) is 0 Å². The molecule has 132 valence electrons. The van der Waals surface area contributed by atoms with Crippen molar-refractivity contribution in [3.05, 3.63) is 0 Å². The molecule has 0 spiro atoms. The molecule has 2 fully saturated rings. The van der Waals surface area contributed by atoms with E-state index >= 15 is 0 Å². The maximum atomic E-state index is 12.3. The van der Waals surface area contributed by atoms with Crippen molar-refractivity contribution in [2.45, 2.75) is 38.5 Å². The number of carbonyl (C=O) groups is 2. The summed E-state index contributed by atoms with van der Waals surface area (Å²) in [6.45, 7) is 1.09. The van der Waals surface area contributed by atoms with Gasteiger partial charge < -0.3 is 4.90 Å². The lowest BCUT2D eigenvalue weighted by Gasteiger charge is -2.35. The van der Waals surface area contributed by atoms with Gasteiger partial charge in [0.1, 0.15) is 5.75 Å². The number of nitrogens with zero attached hydrogens (tertiary/aromatic N) is 2. The quantitative estimate of drug-likeness (QED) is 0.535. The molecule has 8 nitrogen and oxygen atoms in total. The highest BCUT2D eigenvalue weighted by Gasteiger charge is 2.31. The number of carbonyl (C=O) groups excluding carboxylic acids is 2. The minimum atomic E-state index is -3.75. The molecule has 0 unspecified atom stereocenters. The van der Waals surface area contributed by atoms with E-state index in [9.17, 15) is 18.0 Å². The van der Waals surface area contributed by atoms with Crippen molar-refractivity contribution in [2.24, 2.45) is 5.92 Å². The van der Waals surface area contributed by atoms with Gasteiger partial charge in [0.25, 0.3) is 5.91 Å². The van der Waals surface area contributed by atoms with Crippen LogP contribution in [0.25, 0.3) is 0 Å². The zero-order valence-corrected chi connectivity index (χ0v) is 14.1. The van der Waals surface area contributed by atoms with Gasteiger partial charge in [0.05, 0.1) is 0 Å². The molecule has 1 heterocycles. The SMILES string of the molecule is O=C(CS(=O)(=O)N1CCN(C(=O)CC2CCCCC2)CC1)NO. The highest BCUT2D eigenvalue weighted by molar-refractivity contribution is 7.89. The van der Waals surface area contributed by atoms with Crippen LogP contribution in [0.3, 0.4) is 0 Å². The summed E-state index contributed by atoms with van der Waals surface area (Å²) in [5.41, 5.74) is 1.32. The highest BCUT2D eigenvalue weighted by Crippen LogP contribution is 2.27. The predicted molar refractivity (Wildman–Crippen MR) is 83.1 cm³/mol. The second-order valence-corrected chi connectivity index (χ2v) is 8.25. The first kappa shape index (κ1) is 18.2. The first-order valence-electron chi connectivity index (χ1n) is 8.11. The average molecular weight is 347 g/mol. The van der Waals surface area contributed by atoms with Crippen molar-refractivity contribution < 1.29 is 23.2 Å². The standard InChI is InChI=1S/C14H25N3O5S/c18-13(15-20)11-23(21,22)17-8-6-16(7-9-17)14(19)10-12-4-2-1-3-5-12/h12,20H,1-11H2,(H,15,18). The molecule has 0 radical (unpaired) electrons. The maximum Gasteiger partial charge on any atom is 0.259 e. The number of hydrogen-bond donors (Lipinski definition) is 2. The molecular weight excluding hydrogens is 322 g/mol. The van der Waals surface area contributed by atoms with Gasteiger partial charge in [-0.15, -0.1) is 0 Å². The lowest BCUT2D eigenvalue weighted by Crippen LogP contribution is -2.52. The number of sulfonamides is 1. The van der Waals surface area contributed by atoms with E-state index in [1.54, 1.807) is 4.90 Å². The molecule has 0 aromatic heterocycles. The van der Waals surface area contributed by atoms with Crippen LogP contribution in [0.4, 0.5) is 0 Å². The Balaban J connectivity index is 1.80. The predicted octanol–water partition coefficient (Wildman–Crippen LogP) is -0.0638. The molecule has 2 aliphatic rings. The highest BCUT2D eigenvalue weighted by atomic mass is 32.2. The monoisotopic (exact) mass is 347 g/mol. The van der Waals surface area contributed by atoms with Crippen LogP contribution in [-0.4, -0.2) is 66.6 Å². The summed E-state index contributed by atoms with van der Waals surface area (Å²) in [6.07, 6.45) is 6.41. The zero-order chi connectivity index (χ0) is 16.9. The topological polar surface area (TPSA) is 107 Å². The number of hydroxylamine groups is 1. The summed E-state index contributed by atoms with van der Waals surface area (Å²) in [4.78, 5) is 25.1. The van der Waals surface area contributed by atoms with Crippen LogP contribution in [0, 0.1) is 5.92 Å². The smallest absolute Gasteiger partial charge is 0.259 e. The molecule has 0 bridgehead atoms. The first-order valence-corrected chi connectivity index (χ1v) is 9.72. The second kappa shape index (κ2) is 8.07. The third-order valence-corrected chi connectivity index (χ3v) is 6.39. The van der Waals surface area contributed by atoms with Gasteiger partial charge in [0.2, 0.25) is 15.9 Å². The van der Waals surface area contributed by atoms with E-state index in [0.717, 1.165) is 12.8 Å². The summed E-state index contributed by atoms with van der Waals surface area (Å²) in [5.74, 6) is -1.17. The van der Waals surface area contributed by atoms with Gasteiger partial charge in [-0.3, -0.25) is 14.8 Å². The van der Waals surface area contributed by atoms with Gasteiger partial charge in [-0.05, 0) is 18.8 Å². The second-order valence-electron chi connectivity index (χ2n) is 6.28. The minimum absolute atomic E-state index is 0.0991. The van der Waals surface area contributed by atoms with Gasteiger partial charge >= 0.3 is 0 Å². The lowest BCUT2D eigenvalue weighted by molar-refractivity contribution is -0.133. The van der Waals surface area contributed by atoms with Crippen LogP contribution in [0.1, 0.15) is 38.5 Å². The Hall–Kier alpha value is -1.19. The molecule has 1 aliphatic carbocycles. The summed E-state index contributed by atoms with van der Waals surface area (Å²) in [5, 5.41) is 8.43. The Kier molecular flexibility index (Phi) is 6.37. The minimum Gasteiger partial charge on any atom is -0.340 e. The fraction of sp³-hybridized carbons (Fsp3) is 0.857. The molecule has 2 amide bonds. The Morgan fingerprint density at radius 2 is 1.65 bits per heavy atom. The van der Waals surface area contributed by atoms with Crippen molar-refractivity contribution >= 4 is 21.8 Å². The average Bonchev–Trinajstić information content (AvgIpc) is 2.55. The van der Waals surface area contributed by atoms with Crippen molar-refractivity contribution in [1.29, 1.82) is 0 Å². The van der Waals surface area contributed by atoms with Crippen molar-refractivity contribution in [3.8, 4) is 0 Å². The number of piperazine rings is 1. The Bertz CT molecular complexity index is 523. The normalized spacial score (nSPS) is 21.2. The Labute approximate surface area is 136 Å². The van der Waals surface area contributed by atoms with Gasteiger partial charge in [-0.1, -0.05) is 19.3 Å². The molecule has 2 N–H and O–H groups in total. The van der Waals surface area contributed by atoms with Crippen LogP contribution in [-0.2, 0) is 19.6 Å². The van der Waals surface area contributed by atoms with Crippen molar-refractivity contribution in [2.75, 3.05) is 31.9 Å². The third-order valence-electron chi connectivity index (χ3n) is 4.61. The molecule has 1 saturated heterocycles. The van der Waals surface area contributed by atoms with Gasteiger partial charge in [-0.25, -0.2) is 13.9 Å². The van der Waals surface area contributed by atoms with E-state index in [4.69, 9.17) is 5.21 Å². The van der Waals surface area contributed by atoms with E-state index in [1.807, 2.05) is 0 Å². The molecule has 23 heavy (non-hydrogen) atoms. The number of nitrogens with one attached hydrogen (secondary N) is 1. The maximum absolute atomic E-state index is 12.3. The summed E-state index contributed by atoms with van der Waals surface area (Å²) >= 11 is 0. The van der Waals surface area contributed by atoms with E-state index in [0.29, 0.717) is 25.4 Å². The van der Waals surface area contributed by atoms with Gasteiger partial charge in [-0.2, -0.15) is 4.31 Å². The van der Waals surface area contributed by atoms with E-state index in [2.05, 4.69) is 0 Å². The molecule has 0 atom stereocenters. The molecule has 1 saturated carbocycles. The summed E-state index contributed by atoms with van der Waals surface area (Å²) < 4.78 is 25.2. The molecule has 2 rings (SSSR count). The fourth-order valence-electron chi connectivity index (χ4n) is 3.27. The summed E-state index contributed by atoms with van der Waals surface area (Å²) in [6, 6.07) is 0. The van der Waals surface area contributed by atoms with E-state index in [-0.39, 0.29) is 19.0 Å². The third kappa shape index (κ3) is 5.15. The van der Waals surface area contributed by atoms with Crippen LogP contribution in [0.15, 0.2) is 0 Å². The van der Waals surface area contributed by atoms with E-state index in [1.165, 1.54) is 29.0 Å². The number of amides is 2. The summed E-state index contributed by atoms with van der Waals surface area (Å²) in [7, 11) is -3.75. The van der Waals surface area contributed by atoms with Gasteiger partial charge in [0, 0.05) is 32.6 Å². The molecule has 0 aromatic rings. The lowest BCUT2D eigenvalue weighted by atomic mass is 9.86. The molecule has 1 aliphatic heterocycles. The van der Waals surface area contributed by atoms with Crippen molar-refractivity contribution in [1.82, 2.24) is 14.7 Å². The zero-order valence-electron chi connectivity index (χ0n) is 13.2. The number of rotatable bonds is 5. The van der Waals surface area contributed by atoms with Crippen LogP contribution in [0.5, 0.6) is 0 Å². The van der Waals surface area contributed by atoms with Crippen molar-refractivity contribution in [3.63, 3.8) is 0 Å². The Morgan fingerprint density at radius 1 is 1.04 bits per heavy atom. The largest absolute Gasteiger partial charge is 0.340 e. The van der Waals surface area contributed by atoms with E-state index < -0.39 is 21.7 Å². The first-order chi connectivity index (χ1) is 10.9. The van der Waals surface area contributed by atoms with Crippen LogP contribution >= 0.6 is 0 Å². The molecular formula is C14H25N3O5S.